The van der Waals surface area contributed by atoms with E-state index in [0.717, 1.165) is 5.56 Å². The summed E-state index contributed by atoms with van der Waals surface area (Å²) in [4.78, 5) is 24.1. The fourth-order valence-corrected chi connectivity index (χ4v) is 3.57. The van der Waals surface area contributed by atoms with Crippen LogP contribution < -0.4 is 15.1 Å². The summed E-state index contributed by atoms with van der Waals surface area (Å²) in [7, 11) is 1.56. The van der Waals surface area contributed by atoms with Crippen LogP contribution in [0.25, 0.3) is 11.0 Å². The molecule has 1 aromatic heterocycles. The van der Waals surface area contributed by atoms with Gasteiger partial charge < -0.3 is 19.0 Å². The average Bonchev–Trinajstić information content (AvgIpc) is 2.60. The van der Waals surface area contributed by atoms with Gasteiger partial charge in [-0.3, -0.25) is 4.79 Å². The van der Waals surface area contributed by atoms with Crippen LogP contribution in [0, 0.1) is 6.92 Å². The molecule has 0 saturated carbocycles. The van der Waals surface area contributed by atoms with Gasteiger partial charge in [0, 0.05) is 29.2 Å². The molecule has 26 heavy (non-hydrogen) atoms. The molecule has 2 heterocycles. The first-order valence-electron chi connectivity index (χ1n) is 8.13. The molecule has 0 bridgehead atoms. The fourth-order valence-electron chi connectivity index (χ4n) is 3.57. The normalized spacial score (nSPS) is 16.2. The summed E-state index contributed by atoms with van der Waals surface area (Å²) >= 11 is 0. The molecule has 1 atom stereocenters. The maximum absolute atomic E-state index is 12.2. The standard InChI is InChI=1S/C20H16O6/c1-10-7-16(22)26-20-18(10)13(21)9-15-19(20)12(8-17(23)25-15)11-5-3-4-6-14(11)24-2/h3-7,9,12,21H,8H2,1-2H3/t12-/m1/s1. The van der Waals surface area contributed by atoms with Crippen LogP contribution in [0.15, 0.2) is 45.6 Å². The van der Waals surface area contributed by atoms with Gasteiger partial charge in [0.1, 0.15) is 22.8 Å². The number of esters is 1. The van der Waals surface area contributed by atoms with Crippen LogP contribution in [-0.2, 0) is 4.79 Å². The molecular weight excluding hydrogens is 336 g/mol. The highest BCUT2D eigenvalue weighted by Gasteiger charge is 2.34. The van der Waals surface area contributed by atoms with Crippen molar-refractivity contribution in [2.24, 2.45) is 0 Å². The molecule has 0 saturated heterocycles. The molecule has 0 amide bonds. The summed E-state index contributed by atoms with van der Waals surface area (Å²) < 4.78 is 16.2. The molecule has 6 nitrogen and oxygen atoms in total. The minimum Gasteiger partial charge on any atom is -0.507 e. The van der Waals surface area contributed by atoms with Crippen LogP contribution in [0.3, 0.4) is 0 Å². The highest BCUT2D eigenvalue weighted by atomic mass is 16.5. The van der Waals surface area contributed by atoms with E-state index < -0.39 is 17.5 Å². The maximum Gasteiger partial charge on any atom is 0.336 e. The zero-order valence-electron chi connectivity index (χ0n) is 14.2. The molecule has 0 unspecified atom stereocenters. The molecule has 1 N–H and O–H groups in total. The molecule has 3 aromatic rings. The van der Waals surface area contributed by atoms with Crippen molar-refractivity contribution in [1.82, 2.24) is 0 Å². The van der Waals surface area contributed by atoms with Crippen LogP contribution >= 0.6 is 0 Å². The van der Waals surface area contributed by atoms with E-state index in [9.17, 15) is 14.7 Å². The number of carbonyl (C=O) groups is 1. The summed E-state index contributed by atoms with van der Waals surface area (Å²) in [6.45, 7) is 1.72. The minimum absolute atomic E-state index is 0.0743. The van der Waals surface area contributed by atoms with Crippen LogP contribution in [0.4, 0.5) is 0 Å². The molecule has 4 rings (SSSR count). The van der Waals surface area contributed by atoms with Crippen molar-refractivity contribution in [1.29, 1.82) is 0 Å². The predicted molar refractivity (Wildman–Crippen MR) is 94.0 cm³/mol. The van der Waals surface area contributed by atoms with E-state index in [0.29, 0.717) is 22.3 Å². The molecule has 2 aromatic carbocycles. The van der Waals surface area contributed by atoms with Crippen molar-refractivity contribution in [2.45, 2.75) is 19.3 Å². The Bertz CT molecular complexity index is 1100. The number of rotatable bonds is 2. The van der Waals surface area contributed by atoms with E-state index in [4.69, 9.17) is 13.9 Å². The molecule has 1 aliphatic rings. The maximum atomic E-state index is 12.2. The molecule has 0 aliphatic carbocycles. The van der Waals surface area contributed by atoms with Crippen molar-refractivity contribution in [3.63, 3.8) is 0 Å². The fraction of sp³-hybridized carbons (Fsp3) is 0.200. The van der Waals surface area contributed by atoms with Crippen molar-refractivity contribution in [3.8, 4) is 17.2 Å². The van der Waals surface area contributed by atoms with Gasteiger partial charge in [-0.2, -0.15) is 0 Å². The van der Waals surface area contributed by atoms with Crippen molar-refractivity contribution < 1.29 is 23.8 Å². The van der Waals surface area contributed by atoms with Crippen molar-refractivity contribution >= 4 is 16.9 Å². The van der Waals surface area contributed by atoms with Crippen LogP contribution in [0.1, 0.15) is 29.0 Å². The van der Waals surface area contributed by atoms with E-state index >= 15 is 0 Å². The second kappa shape index (κ2) is 5.91. The van der Waals surface area contributed by atoms with E-state index in [2.05, 4.69) is 0 Å². The Balaban J connectivity index is 2.10. The molecule has 0 spiro atoms. The zero-order valence-corrected chi connectivity index (χ0v) is 14.2. The molecule has 1 aliphatic heterocycles. The lowest BCUT2D eigenvalue weighted by molar-refractivity contribution is -0.135. The number of aryl methyl sites for hydroxylation is 1. The number of methoxy groups -OCH3 is 1. The number of aromatic hydroxyl groups is 1. The van der Waals surface area contributed by atoms with Crippen LogP contribution in [0.2, 0.25) is 0 Å². The van der Waals surface area contributed by atoms with Crippen LogP contribution in [0.5, 0.6) is 17.2 Å². The Morgan fingerprint density at radius 2 is 1.96 bits per heavy atom. The van der Waals surface area contributed by atoms with Gasteiger partial charge in [0.05, 0.1) is 18.9 Å². The molecule has 132 valence electrons. The number of fused-ring (bicyclic) bond motifs is 3. The molecule has 0 radical (unpaired) electrons. The summed E-state index contributed by atoms with van der Waals surface area (Å²) in [6.07, 6.45) is 0.0743. The SMILES string of the molecule is COc1ccccc1[C@H]1CC(=O)Oc2cc(O)c3c(C)cc(=O)oc3c21. The van der Waals surface area contributed by atoms with Gasteiger partial charge >= 0.3 is 11.6 Å². The molecular formula is C20H16O6. The number of benzene rings is 2. The van der Waals surface area contributed by atoms with Gasteiger partial charge in [-0.1, -0.05) is 18.2 Å². The number of hydrogen-bond donors (Lipinski definition) is 1. The Kier molecular flexibility index (Phi) is 3.68. The van der Waals surface area contributed by atoms with Crippen molar-refractivity contribution in [2.75, 3.05) is 7.11 Å². The first-order valence-corrected chi connectivity index (χ1v) is 8.13. The number of para-hydroxylation sites is 1. The predicted octanol–water partition coefficient (Wildman–Crippen LogP) is 3.26. The van der Waals surface area contributed by atoms with Gasteiger partial charge in [-0.25, -0.2) is 4.79 Å². The van der Waals surface area contributed by atoms with Gasteiger partial charge in [-0.05, 0) is 18.6 Å². The summed E-state index contributed by atoms with van der Waals surface area (Å²) in [6, 6.07) is 10.1. The largest absolute Gasteiger partial charge is 0.507 e. The van der Waals surface area contributed by atoms with E-state index in [1.807, 2.05) is 18.2 Å². The second-order valence-corrected chi connectivity index (χ2v) is 6.23. The topological polar surface area (TPSA) is 86.0 Å². The van der Waals surface area contributed by atoms with E-state index in [1.165, 1.54) is 12.1 Å². The minimum atomic E-state index is -0.529. The quantitative estimate of drug-likeness (QED) is 0.433. The first kappa shape index (κ1) is 16.2. The monoisotopic (exact) mass is 352 g/mol. The van der Waals surface area contributed by atoms with Crippen LogP contribution in [-0.4, -0.2) is 18.2 Å². The lowest BCUT2D eigenvalue weighted by atomic mass is 9.84. The summed E-state index contributed by atoms with van der Waals surface area (Å²) in [5.41, 5.74) is 1.63. The Hall–Kier alpha value is -3.28. The number of hydrogen-bond acceptors (Lipinski definition) is 6. The summed E-state index contributed by atoms with van der Waals surface area (Å²) in [5.74, 6) is -0.142. The average molecular weight is 352 g/mol. The number of ether oxygens (including phenoxy) is 2. The smallest absolute Gasteiger partial charge is 0.336 e. The van der Waals surface area contributed by atoms with Gasteiger partial charge in [-0.15, -0.1) is 0 Å². The van der Waals surface area contributed by atoms with E-state index in [1.54, 1.807) is 20.1 Å². The third kappa shape index (κ3) is 2.42. The number of phenolic OH excluding ortho intramolecular Hbond substituents is 1. The highest BCUT2D eigenvalue weighted by molar-refractivity contribution is 5.94. The highest BCUT2D eigenvalue weighted by Crippen LogP contribution is 2.47. The van der Waals surface area contributed by atoms with Crippen molar-refractivity contribution in [3.05, 3.63) is 63.5 Å². The molecule has 6 heteroatoms. The lowest BCUT2D eigenvalue weighted by Crippen LogP contribution is -2.22. The van der Waals surface area contributed by atoms with Gasteiger partial charge in [0.15, 0.2) is 0 Å². The van der Waals surface area contributed by atoms with Gasteiger partial charge in [0.25, 0.3) is 0 Å². The van der Waals surface area contributed by atoms with Gasteiger partial charge in [0.2, 0.25) is 0 Å². The third-order valence-corrected chi connectivity index (χ3v) is 4.65. The number of carbonyl (C=O) groups excluding carboxylic acids is 1. The Morgan fingerprint density at radius 1 is 1.19 bits per heavy atom. The zero-order chi connectivity index (χ0) is 18.4. The second-order valence-electron chi connectivity index (χ2n) is 6.23. The third-order valence-electron chi connectivity index (χ3n) is 4.65. The van der Waals surface area contributed by atoms with E-state index in [-0.39, 0.29) is 23.5 Å². The Labute approximate surface area is 148 Å². The molecule has 0 fully saturated rings. The Morgan fingerprint density at radius 3 is 2.73 bits per heavy atom. The first-order chi connectivity index (χ1) is 12.5. The summed E-state index contributed by atoms with van der Waals surface area (Å²) in [5, 5.41) is 10.8. The number of phenols is 1. The lowest BCUT2D eigenvalue weighted by Gasteiger charge is -2.27.